The number of imidazole rings is 1. The van der Waals surface area contributed by atoms with Crippen LogP contribution < -0.4 is 5.32 Å². The minimum absolute atomic E-state index is 0.0176. The molecule has 2 aromatic carbocycles. The first-order valence-electron chi connectivity index (χ1n) is 7.94. The normalized spacial score (nSPS) is 10.6. The van der Waals surface area contributed by atoms with Crippen LogP contribution >= 0.6 is 23.4 Å². The van der Waals surface area contributed by atoms with Crippen molar-refractivity contribution in [2.45, 2.75) is 18.1 Å². The van der Waals surface area contributed by atoms with E-state index in [1.807, 2.05) is 24.4 Å². The van der Waals surface area contributed by atoms with Crippen molar-refractivity contribution >= 4 is 35.0 Å². The van der Waals surface area contributed by atoms with E-state index in [4.69, 9.17) is 11.6 Å². The molecule has 25 heavy (non-hydrogen) atoms. The number of aromatic nitrogens is 2. The number of halogens is 1. The smallest absolute Gasteiger partial charge is 0.225 e. The summed E-state index contributed by atoms with van der Waals surface area (Å²) >= 11 is 7.42. The summed E-state index contributed by atoms with van der Waals surface area (Å²) < 4.78 is 2.09. The summed E-state index contributed by atoms with van der Waals surface area (Å²) in [6, 6.07) is 17.3. The third-order valence-corrected chi connectivity index (χ3v) is 4.82. The van der Waals surface area contributed by atoms with Crippen molar-refractivity contribution in [2.24, 2.45) is 0 Å². The Balaban J connectivity index is 1.48. The van der Waals surface area contributed by atoms with Gasteiger partial charge in [0.15, 0.2) is 5.16 Å². The number of rotatable bonds is 7. The molecule has 3 aromatic rings. The highest BCUT2D eigenvalue weighted by atomic mass is 35.5. The minimum Gasteiger partial charge on any atom is -0.326 e. The molecule has 1 amide bonds. The van der Waals surface area contributed by atoms with Gasteiger partial charge in [-0.2, -0.15) is 0 Å². The van der Waals surface area contributed by atoms with E-state index in [9.17, 15) is 4.79 Å². The first-order chi connectivity index (χ1) is 12.2. The van der Waals surface area contributed by atoms with Gasteiger partial charge in [-0.25, -0.2) is 4.98 Å². The molecule has 0 saturated heterocycles. The first-order valence-corrected chi connectivity index (χ1v) is 9.30. The van der Waals surface area contributed by atoms with Gasteiger partial charge in [0.05, 0.1) is 0 Å². The van der Waals surface area contributed by atoms with Crippen molar-refractivity contribution in [2.75, 3.05) is 11.1 Å². The molecule has 1 aromatic heterocycles. The Kier molecular flexibility index (Phi) is 6.14. The number of benzene rings is 2. The molecule has 0 aliphatic rings. The van der Waals surface area contributed by atoms with Gasteiger partial charge in [0, 0.05) is 41.8 Å². The molecule has 0 spiro atoms. The van der Waals surface area contributed by atoms with Gasteiger partial charge < -0.3 is 9.88 Å². The Morgan fingerprint density at radius 1 is 1.12 bits per heavy atom. The van der Waals surface area contributed by atoms with E-state index >= 15 is 0 Å². The molecule has 0 aliphatic carbocycles. The molecule has 0 radical (unpaired) electrons. The van der Waals surface area contributed by atoms with Gasteiger partial charge in [0.2, 0.25) is 5.91 Å². The lowest BCUT2D eigenvalue weighted by Gasteiger charge is -2.08. The van der Waals surface area contributed by atoms with E-state index in [-0.39, 0.29) is 5.91 Å². The Morgan fingerprint density at radius 3 is 2.64 bits per heavy atom. The lowest BCUT2D eigenvalue weighted by atomic mass is 10.2. The number of nitrogens with zero attached hydrogens (tertiary/aromatic N) is 2. The van der Waals surface area contributed by atoms with Crippen LogP contribution in [0.25, 0.3) is 0 Å². The lowest BCUT2D eigenvalue weighted by molar-refractivity contribution is -0.115. The highest BCUT2D eigenvalue weighted by molar-refractivity contribution is 7.99. The maximum Gasteiger partial charge on any atom is 0.225 e. The van der Waals surface area contributed by atoms with Crippen molar-refractivity contribution in [3.05, 3.63) is 77.6 Å². The second-order valence-electron chi connectivity index (χ2n) is 5.48. The molecular formula is C19H18ClN3OS. The summed E-state index contributed by atoms with van der Waals surface area (Å²) in [5.74, 6) is 0.654. The van der Waals surface area contributed by atoms with Crippen LogP contribution in [-0.2, 0) is 11.3 Å². The first kappa shape index (κ1) is 17.6. The molecule has 0 aliphatic heterocycles. The fourth-order valence-corrected chi connectivity index (χ4v) is 3.35. The van der Waals surface area contributed by atoms with E-state index in [1.54, 1.807) is 42.2 Å². The molecule has 0 bridgehead atoms. The van der Waals surface area contributed by atoms with E-state index < -0.39 is 0 Å². The summed E-state index contributed by atoms with van der Waals surface area (Å²) in [6.07, 6.45) is 4.17. The minimum atomic E-state index is -0.0176. The van der Waals surface area contributed by atoms with E-state index in [0.29, 0.717) is 17.2 Å². The van der Waals surface area contributed by atoms with Crippen LogP contribution in [0.1, 0.15) is 12.0 Å². The zero-order valence-electron chi connectivity index (χ0n) is 13.6. The van der Waals surface area contributed by atoms with E-state index in [2.05, 4.69) is 27.0 Å². The summed E-state index contributed by atoms with van der Waals surface area (Å²) in [7, 11) is 0. The largest absolute Gasteiger partial charge is 0.326 e. The molecule has 0 atom stereocenters. The van der Waals surface area contributed by atoms with Crippen LogP contribution in [0.4, 0.5) is 5.69 Å². The predicted molar refractivity (Wildman–Crippen MR) is 103 cm³/mol. The Labute approximate surface area is 156 Å². The molecule has 4 nitrogen and oxygen atoms in total. The van der Waals surface area contributed by atoms with Gasteiger partial charge in [-0.1, -0.05) is 53.7 Å². The molecule has 1 heterocycles. The highest BCUT2D eigenvalue weighted by Gasteiger charge is 2.07. The van der Waals surface area contributed by atoms with Gasteiger partial charge in [0.1, 0.15) is 0 Å². The summed E-state index contributed by atoms with van der Waals surface area (Å²) in [6.45, 7) is 0.778. The Bertz CT molecular complexity index is 818. The second kappa shape index (κ2) is 8.74. The SMILES string of the molecule is O=C(CCSc1nccn1Cc1ccccc1)Nc1ccc(Cl)cc1. The number of hydrogen-bond acceptors (Lipinski definition) is 3. The number of anilines is 1. The number of thioether (sulfide) groups is 1. The van der Waals surface area contributed by atoms with Crippen LogP contribution in [0.2, 0.25) is 5.02 Å². The number of carbonyl (C=O) groups is 1. The lowest BCUT2D eigenvalue weighted by Crippen LogP contribution is -2.12. The number of hydrogen-bond donors (Lipinski definition) is 1. The molecular weight excluding hydrogens is 354 g/mol. The van der Waals surface area contributed by atoms with Gasteiger partial charge >= 0.3 is 0 Å². The Morgan fingerprint density at radius 2 is 1.88 bits per heavy atom. The van der Waals surface area contributed by atoms with Crippen LogP contribution in [0.15, 0.2) is 72.1 Å². The van der Waals surface area contributed by atoms with Crippen LogP contribution in [0.5, 0.6) is 0 Å². The maximum absolute atomic E-state index is 12.0. The van der Waals surface area contributed by atoms with Crippen LogP contribution in [0.3, 0.4) is 0 Å². The zero-order valence-corrected chi connectivity index (χ0v) is 15.1. The molecule has 128 valence electrons. The van der Waals surface area contributed by atoms with Gasteiger partial charge in [-0.05, 0) is 29.8 Å². The van der Waals surface area contributed by atoms with Crippen molar-refractivity contribution in [1.82, 2.24) is 9.55 Å². The number of carbonyl (C=O) groups excluding carboxylic acids is 1. The molecule has 1 N–H and O–H groups in total. The van der Waals surface area contributed by atoms with Crippen LogP contribution in [-0.4, -0.2) is 21.2 Å². The fourth-order valence-electron chi connectivity index (χ4n) is 2.33. The van der Waals surface area contributed by atoms with E-state index in [0.717, 1.165) is 17.4 Å². The summed E-state index contributed by atoms with van der Waals surface area (Å²) in [4.78, 5) is 16.4. The van der Waals surface area contributed by atoms with Crippen molar-refractivity contribution < 1.29 is 4.79 Å². The van der Waals surface area contributed by atoms with Crippen molar-refractivity contribution in [1.29, 1.82) is 0 Å². The molecule has 6 heteroatoms. The fraction of sp³-hybridized carbons (Fsp3) is 0.158. The second-order valence-corrected chi connectivity index (χ2v) is 6.98. The average Bonchev–Trinajstić information content (AvgIpc) is 3.05. The standard InChI is InChI=1S/C19H18ClN3OS/c20-16-6-8-17(9-7-16)22-18(24)10-13-25-19-21-11-12-23(19)14-15-4-2-1-3-5-15/h1-9,11-12H,10,13-14H2,(H,22,24). The number of amides is 1. The highest BCUT2D eigenvalue weighted by Crippen LogP contribution is 2.19. The third-order valence-electron chi connectivity index (χ3n) is 3.56. The van der Waals surface area contributed by atoms with E-state index in [1.165, 1.54) is 5.56 Å². The van der Waals surface area contributed by atoms with Crippen molar-refractivity contribution in [3.8, 4) is 0 Å². The molecule has 0 saturated carbocycles. The van der Waals surface area contributed by atoms with Crippen LogP contribution in [0, 0.1) is 0 Å². The number of nitrogens with one attached hydrogen (secondary N) is 1. The Hall–Kier alpha value is -2.24. The van der Waals surface area contributed by atoms with Gasteiger partial charge in [0.25, 0.3) is 0 Å². The summed E-state index contributed by atoms with van der Waals surface area (Å²) in [5.41, 5.74) is 1.98. The topological polar surface area (TPSA) is 46.9 Å². The molecule has 0 unspecified atom stereocenters. The third kappa shape index (κ3) is 5.37. The quantitative estimate of drug-likeness (QED) is 0.612. The monoisotopic (exact) mass is 371 g/mol. The van der Waals surface area contributed by atoms with Gasteiger partial charge in [-0.15, -0.1) is 0 Å². The summed E-state index contributed by atoms with van der Waals surface area (Å²) in [5, 5.41) is 4.44. The predicted octanol–water partition coefficient (Wildman–Crippen LogP) is 4.71. The van der Waals surface area contributed by atoms with Crippen molar-refractivity contribution in [3.63, 3.8) is 0 Å². The average molecular weight is 372 g/mol. The molecule has 3 rings (SSSR count). The molecule has 0 fully saturated rings. The van der Waals surface area contributed by atoms with Gasteiger partial charge in [-0.3, -0.25) is 4.79 Å². The maximum atomic E-state index is 12.0. The zero-order chi connectivity index (χ0) is 17.5.